The zero-order valence-corrected chi connectivity index (χ0v) is 13.8. The quantitative estimate of drug-likeness (QED) is 0.772. The van der Waals surface area contributed by atoms with Gasteiger partial charge < -0.3 is 20.5 Å². The van der Waals surface area contributed by atoms with E-state index in [9.17, 15) is 4.79 Å². The molecule has 120 valence electrons. The van der Waals surface area contributed by atoms with Crippen molar-refractivity contribution in [3.8, 4) is 11.5 Å². The second-order valence-electron chi connectivity index (χ2n) is 4.42. The molecule has 2 rings (SSSR count). The molecule has 0 radical (unpaired) electrons. The lowest BCUT2D eigenvalue weighted by Gasteiger charge is -2.11. The molecule has 0 unspecified atom stereocenters. The first-order valence-electron chi connectivity index (χ1n) is 6.50. The molecule has 0 aliphatic heterocycles. The fraction of sp³-hybridized carbons (Fsp3) is 0.267. The average Bonchev–Trinajstić information content (AvgIpc) is 2.98. The van der Waals surface area contributed by atoms with Crippen molar-refractivity contribution in [3.05, 3.63) is 46.2 Å². The van der Waals surface area contributed by atoms with Crippen molar-refractivity contribution in [2.45, 2.75) is 13.1 Å². The number of rotatable bonds is 8. The van der Waals surface area contributed by atoms with Crippen molar-refractivity contribution in [2.24, 2.45) is 5.73 Å². The summed E-state index contributed by atoms with van der Waals surface area (Å²) in [5, 5.41) is 5.43. The SMILES string of the molecule is COc1cc(CNCc2cccs2)ccc1OCC(N)=O.Cl. The molecular formula is C15H19ClN2O3S. The number of nitrogens with two attached hydrogens (primary N) is 1. The number of carbonyl (C=O) groups is 1. The van der Waals surface area contributed by atoms with Gasteiger partial charge in [0.25, 0.3) is 5.91 Å². The van der Waals surface area contributed by atoms with Gasteiger partial charge in [-0.25, -0.2) is 0 Å². The van der Waals surface area contributed by atoms with E-state index in [0.29, 0.717) is 11.5 Å². The normalized spacial score (nSPS) is 9.86. The van der Waals surface area contributed by atoms with E-state index in [1.165, 1.54) is 4.88 Å². The van der Waals surface area contributed by atoms with Crippen LogP contribution >= 0.6 is 23.7 Å². The predicted molar refractivity (Wildman–Crippen MR) is 89.8 cm³/mol. The minimum absolute atomic E-state index is 0. The highest BCUT2D eigenvalue weighted by Crippen LogP contribution is 2.28. The van der Waals surface area contributed by atoms with E-state index in [4.69, 9.17) is 15.2 Å². The van der Waals surface area contributed by atoms with E-state index in [-0.39, 0.29) is 19.0 Å². The van der Waals surface area contributed by atoms with Gasteiger partial charge in [0.15, 0.2) is 18.1 Å². The van der Waals surface area contributed by atoms with Gasteiger partial charge in [-0.15, -0.1) is 23.7 Å². The molecule has 0 bridgehead atoms. The number of carbonyl (C=O) groups excluding carboxylic acids is 1. The summed E-state index contributed by atoms with van der Waals surface area (Å²) in [7, 11) is 1.56. The van der Waals surface area contributed by atoms with Crippen LogP contribution in [0.5, 0.6) is 11.5 Å². The van der Waals surface area contributed by atoms with Gasteiger partial charge in [-0.3, -0.25) is 4.79 Å². The number of methoxy groups -OCH3 is 1. The number of halogens is 1. The number of hydrogen-bond acceptors (Lipinski definition) is 5. The van der Waals surface area contributed by atoms with Crippen LogP contribution in [0, 0.1) is 0 Å². The van der Waals surface area contributed by atoms with Gasteiger partial charge in [-0.2, -0.15) is 0 Å². The summed E-state index contributed by atoms with van der Waals surface area (Å²) < 4.78 is 10.6. The van der Waals surface area contributed by atoms with Crippen LogP contribution in [-0.2, 0) is 17.9 Å². The largest absolute Gasteiger partial charge is 0.493 e. The van der Waals surface area contributed by atoms with E-state index in [0.717, 1.165) is 18.7 Å². The maximum atomic E-state index is 10.7. The summed E-state index contributed by atoms with van der Waals surface area (Å²) in [4.78, 5) is 12.0. The third-order valence-electron chi connectivity index (χ3n) is 2.81. The second kappa shape index (κ2) is 9.30. The topological polar surface area (TPSA) is 73.6 Å². The van der Waals surface area contributed by atoms with Crippen molar-refractivity contribution in [1.82, 2.24) is 5.32 Å². The molecule has 0 fully saturated rings. The fourth-order valence-corrected chi connectivity index (χ4v) is 2.51. The lowest BCUT2D eigenvalue weighted by molar-refractivity contribution is -0.119. The standard InChI is InChI=1S/C15H18N2O3S.ClH/c1-19-14-7-11(4-5-13(14)20-10-15(16)18)8-17-9-12-3-2-6-21-12;/h2-7,17H,8-10H2,1H3,(H2,16,18);1H. The summed E-state index contributed by atoms with van der Waals surface area (Å²) in [6.07, 6.45) is 0. The molecular weight excluding hydrogens is 324 g/mol. The first kappa shape index (κ1) is 18.3. The zero-order chi connectivity index (χ0) is 15.1. The van der Waals surface area contributed by atoms with Crippen molar-refractivity contribution >= 4 is 29.7 Å². The molecule has 0 aliphatic carbocycles. The van der Waals surface area contributed by atoms with Crippen molar-refractivity contribution in [1.29, 1.82) is 0 Å². The fourth-order valence-electron chi connectivity index (χ4n) is 1.83. The summed E-state index contributed by atoms with van der Waals surface area (Å²) in [6.45, 7) is 1.40. The Labute approximate surface area is 139 Å². The Kier molecular flexibility index (Phi) is 7.73. The third-order valence-corrected chi connectivity index (χ3v) is 3.68. The van der Waals surface area contributed by atoms with Crippen LogP contribution in [0.4, 0.5) is 0 Å². The summed E-state index contributed by atoms with van der Waals surface area (Å²) in [5.74, 6) is 0.587. The highest BCUT2D eigenvalue weighted by molar-refractivity contribution is 7.09. The Bertz CT molecular complexity index is 590. The number of amides is 1. The van der Waals surface area contributed by atoms with Crippen molar-refractivity contribution < 1.29 is 14.3 Å². The minimum atomic E-state index is -0.515. The Morgan fingerprint density at radius 1 is 1.27 bits per heavy atom. The summed E-state index contributed by atoms with van der Waals surface area (Å²) in [6, 6.07) is 9.73. The highest BCUT2D eigenvalue weighted by atomic mass is 35.5. The van der Waals surface area contributed by atoms with Gasteiger partial charge in [0, 0.05) is 18.0 Å². The molecule has 7 heteroatoms. The zero-order valence-electron chi connectivity index (χ0n) is 12.2. The first-order valence-corrected chi connectivity index (χ1v) is 7.38. The van der Waals surface area contributed by atoms with E-state index in [1.54, 1.807) is 24.5 Å². The van der Waals surface area contributed by atoms with Crippen LogP contribution in [0.15, 0.2) is 35.7 Å². The van der Waals surface area contributed by atoms with Gasteiger partial charge in [0.05, 0.1) is 7.11 Å². The van der Waals surface area contributed by atoms with E-state index in [1.807, 2.05) is 18.2 Å². The van der Waals surface area contributed by atoms with Gasteiger partial charge in [0.1, 0.15) is 0 Å². The number of ether oxygens (including phenoxy) is 2. The van der Waals surface area contributed by atoms with Crippen LogP contribution in [0.3, 0.4) is 0 Å². The van der Waals surface area contributed by atoms with E-state index < -0.39 is 5.91 Å². The molecule has 0 aliphatic rings. The molecule has 0 atom stereocenters. The van der Waals surface area contributed by atoms with Gasteiger partial charge >= 0.3 is 0 Å². The van der Waals surface area contributed by atoms with E-state index >= 15 is 0 Å². The summed E-state index contributed by atoms with van der Waals surface area (Å²) in [5.41, 5.74) is 6.14. The highest BCUT2D eigenvalue weighted by Gasteiger charge is 2.07. The third kappa shape index (κ3) is 5.55. The maximum absolute atomic E-state index is 10.7. The number of hydrogen-bond donors (Lipinski definition) is 2. The molecule has 1 amide bonds. The van der Waals surface area contributed by atoms with Gasteiger partial charge in [0.2, 0.25) is 0 Å². The monoisotopic (exact) mass is 342 g/mol. The van der Waals surface area contributed by atoms with Crippen LogP contribution in [-0.4, -0.2) is 19.6 Å². The molecule has 22 heavy (non-hydrogen) atoms. The smallest absolute Gasteiger partial charge is 0.255 e. The molecule has 0 spiro atoms. The first-order chi connectivity index (χ1) is 10.2. The minimum Gasteiger partial charge on any atom is -0.493 e. The molecule has 1 aromatic carbocycles. The molecule has 3 N–H and O–H groups in total. The molecule has 1 heterocycles. The lowest BCUT2D eigenvalue weighted by atomic mass is 10.2. The maximum Gasteiger partial charge on any atom is 0.255 e. The molecule has 0 saturated heterocycles. The second-order valence-corrected chi connectivity index (χ2v) is 5.46. The number of primary amides is 1. The molecule has 1 aromatic heterocycles. The van der Waals surface area contributed by atoms with Gasteiger partial charge in [-0.1, -0.05) is 12.1 Å². The van der Waals surface area contributed by atoms with Gasteiger partial charge in [-0.05, 0) is 29.1 Å². The predicted octanol–water partition coefficient (Wildman–Crippen LogP) is 2.33. The Balaban J connectivity index is 0.00000242. The lowest BCUT2D eigenvalue weighted by Crippen LogP contribution is -2.20. The van der Waals surface area contributed by atoms with Crippen LogP contribution in [0.2, 0.25) is 0 Å². The Morgan fingerprint density at radius 2 is 2.09 bits per heavy atom. The summed E-state index contributed by atoms with van der Waals surface area (Å²) >= 11 is 1.73. The van der Waals surface area contributed by atoms with Crippen molar-refractivity contribution in [3.63, 3.8) is 0 Å². The molecule has 5 nitrogen and oxygen atoms in total. The van der Waals surface area contributed by atoms with Crippen molar-refractivity contribution in [2.75, 3.05) is 13.7 Å². The number of nitrogens with one attached hydrogen (secondary N) is 1. The molecule has 2 aromatic rings. The molecule has 0 saturated carbocycles. The number of benzene rings is 1. The van der Waals surface area contributed by atoms with Crippen LogP contribution < -0.4 is 20.5 Å². The van der Waals surface area contributed by atoms with Crippen LogP contribution in [0.25, 0.3) is 0 Å². The Hall–Kier alpha value is -1.76. The number of thiophene rings is 1. The van der Waals surface area contributed by atoms with Crippen LogP contribution in [0.1, 0.15) is 10.4 Å². The average molecular weight is 343 g/mol. The Morgan fingerprint density at radius 3 is 2.73 bits per heavy atom. The van der Waals surface area contributed by atoms with E-state index in [2.05, 4.69) is 16.8 Å².